The Morgan fingerprint density at radius 2 is 1.60 bits per heavy atom. The lowest BCUT2D eigenvalue weighted by Crippen LogP contribution is -2.43. The number of halogens is 1. The summed E-state index contributed by atoms with van der Waals surface area (Å²) in [5, 5.41) is 9.94. The van der Waals surface area contributed by atoms with Gasteiger partial charge in [-0.1, -0.05) is 42.8 Å². The molecule has 0 aliphatic rings. The summed E-state index contributed by atoms with van der Waals surface area (Å²) in [5.41, 5.74) is 1.90. The minimum absolute atomic E-state index is 0.00646. The summed E-state index contributed by atoms with van der Waals surface area (Å²) in [5.74, 6) is -1.19. The number of aryl methyl sites for hydroxylation is 1. The minimum Gasteiger partial charge on any atom is -0.480 e. The number of hydrogen-bond acceptors (Lipinski definition) is 3. The Hall–Kier alpha value is -1.89. The third kappa shape index (κ3) is 4.60. The van der Waals surface area contributed by atoms with Gasteiger partial charge in [-0.2, -0.15) is 4.31 Å². The van der Waals surface area contributed by atoms with E-state index < -0.39 is 22.0 Å². The molecule has 0 saturated heterocycles. The maximum Gasteiger partial charge on any atom is 0.322 e. The molecule has 0 bridgehead atoms. The van der Waals surface area contributed by atoms with E-state index in [2.05, 4.69) is 0 Å². The first kappa shape index (κ1) is 19.4. The molecule has 0 aliphatic heterocycles. The molecular formula is C18H20ClNO4S. The molecule has 2 aromatic rings. The molecule has 0 saturated carbocycles. The Kier molecular flexibility index (Phi) is 6.21. The van der Waals surface area contributed by atoms with Gasteiger partial charge < -0.3 is 5.11 Å². The number of rotatable bonds is 7. The minimum atomic E-state index is -3.94. The number of hydrogen-bond donors (Lipinski definition) is 1. The molecule has 1 N–H and O–H groups in total. The standard InChI is InChI=1S/C18H20ClNO4S/c1-3-13-4-6-14(7-5-13)12-17(18(21)22)20(2)25(23,24)16-10-8-15(19)9-11-16/h4-11,17H,3,12H2,1-2H3,(H,21,22)/t17-/m0/s1. The highest BCUT2D eigenvalue weighted by molar-refractivity contribution is 7.89. The van der Waals surface area contributed by atoms with Crippen molar-refractivity contribution in [1.82, 2.24) is 4.31 Å². The molecule has 0 amide bonds. The molecule has 0 spiro atoms. The van der Waals surface area contributed by atoms with Crippen LogP contribution in [0.4, 0.5) is 0 Å². The largest absolute Gasteiger partial charge is 0.480 e. The fourth-order valence-corrected chi connectivity index (χ4v) is 3.88. The fourth-order valence-electron chi connectivity index (χ4n) is 2.45. The molecule has 7 heteroatoms. The van der Waals surface area contributed by atoms with Gasteiger partial charge in [-0.05, 0) is 48.2 Å². The summed E-state index contributed by atoms with van der Waals surface area (Å²) >= 11 is 5.78. The van der Waals surface area contributed by atoms with E-state index in [9.17, 15) is 18.3 Å². The summed E-state index contributed by atoms with van der Waals surface area (Å²) in [6.45, 7) is 2.03. The Morgan fingerprint density at radius 3 is 2.08 bits per heavy atom. The number of benzene rings is 2. The third-order valence-corrected chi connectivity index (χ3v) is 6.21. The van der Waals surface area contributed by atoms with Gasteiger partial charge in [-0.25, -0.2) is 8.42 Å². The van der Waals surface area contributed by atoms with Gasteiger partial charge >= 0.3 is 5.97 Å². The molecule has 5 nitrogen and oxygen atoms in total. The summed E-state index contributed by atoms with van der Waals surface area (Å²) in [6.07, 6.45) is 0.968. The molecule has 134 valence electrons. The topological polar surface area (TPSA) is 74.7 Å². The summed E-state index contributed by atoms with van der Waals surface area (Å²) in [4.78, 5) is 11.7. The van der Waals surface area contributed by atoms with E-state index >= 15 is 0 Å². The highest BCUT2D eigenvalue weighted by Gasteiger charge is 2.32. The van der Waals surface area contributed by atoms with Gasteiger partial charge in [0.05, 0.1) is 4.90 Å². The summed E-state index contributed by atoms with van der Waals surface area (Å²) in [6, 6.07) is 11.9. The molecule has 0 heterocycles. The fraction of sp³-hybridized carbons (Fsp3) is 0.278. The van der Waals surface area contributed by atoms with Crippen molar-refractivity contribution in [3.63, 3.8) is 0 Å². The smallest absolute Gasteiger partial charge is 0.322 e. The lowest BCUT2D eigenvalue weighted by Gasteiger charge is -2.24. The number of aliphatic carboxylic acids is 1. The normalized spacial score (nSPS) is 13.0. The first-order valence-corrected chi connectivity index (χ1v) is 9.61. The van der Waals surface area contributed by atoms with Crippen molar-refractivity contribution >= 4 is 27.6 Å². The predicted molar refractivity (Wildman–Crippen MR) is 97.3 cm³/mol. The molecule has 0 aromatic heterocycles. The van der Waals surface area contributed by atoms with E-state index in [0.717, 1.165) is 21.9 Å². The Morgan fingerprint density at radius 1 is 1.08 bits per heavy atom. The maximum atomic E-state index is 12.7. The zero-order valence-electron chi connectivity index (χ0n) is 14.0. The van der Waals surface area contributed by atoms with Crippen molar-refractivity contribution in [2.24, 2.45) is 0 Å². The second-order valence-corrected chi connectivity index (χ2v) is 8.14. The van der Waals surface area contributed by atoms with E-state index in [1.165, 1.54) is 31.3 Å². The van der Waals surface area contributed by atoms with Crippen LogP contribution < -0.4 is 0 Å². The van der Waals surface area contributed by atoms with Gasteiger partial charge in [0, 0.05) is 12.1 Å². The maximum absolute atomic E-state index is 12.7. The third-order valence-electron chi connectivity index (χ3n) is 4.07. The van der Waals surface area contributed by atoms with Gasteiger partial charge in [0.1, 0.15) is 6.04 Å². The zero-order valence-corrected chi connectivity index (χ0v) is 15.6. The highest BCUT2D eigenvalue weighted by atomic mass is 35.5. The lowest BCUT2D eigenvalue weighted by molar-refractivity contribution is -0.141. The highest BCUT2D eigenvalue weighted by Crippen LogP contribution is 2.21. The van der Waals surface area contributed by atoms with Crippen LogP contribution in [0.15, 0.2) is 53.4 Å². The first-order chi connectivity index (χ1) is 11.8. The molecule has 0 aliphatic carbocycles. The van der Waals surface area contributed by atoms with Crippen molar-refractivity contribution in [1.29, 1.82) is 0 Å². The molecule has 25 heavy (non-hydrogen) atoms. The second kappa shape index (κ2) is 7.99. The van der Waals surface area contributed by atoms with Gasteiger partial charge in [0.25, 0.3) is 0 Å². The lowest BCUT2D eigenvalue weighted by atomic mass is 10.0. The number of sulfonamides is 1. The van der Waals surface area contributed by atoms with Crippen LogP contribution in [0.1, 0.15) is 18.1 Å². The van der Waals surface area contributed by atoms with E-state index in [0.29, 0.717) is 5.02 Å². The summed E-state index contributed by atoms with van der Waals surface area (Å²) < 4.78 is 26.3. The van der Waals surface area contributed by atoms with E-state index in [-0.39, 0.29) is 11.3 Å². The first-order valence-electron chi connectivity index (χ1n) is 7.80. The number of likely N-dealkylation sites (N-methyl/N-ethyl adjacent to an activating group) is 1. The molecule has 0 radical (unpaired) electrons. The van der Waals surface area contributed by atoms with Crippen molar-refractivity contribution in [3.8, 4) is 0 Å². The average molecular weight is 382 g/mol. The van der Waals surface area contributed by atoms with Crippen LogP contribution >= 0.6 is 11.6 Å². The van der Waals surface area contributed by atoms with Gasteiger partial charge in [0.2, 0.25) is 10.0 Å². The van der Waals surface area contributed by atoms with E-state index in [4.69, 9.17) is 11.6 Å². The number of carboxylic acid groups (broad SMARTS) is 1. The average Bonchev–Trinajstić information content (AvgIpc) is 2.59. The van der Waals surface area contributed by atoms with Crippen molar-refractivity contribution in [2.75, 3.05) is 7.05 Å². The van der Waals surface area contributed by atoms with Crippen LogP contribution in [-0.2, 0) is 27.7 Å². The molecule has 0 fully saturated rings. The van der Waals surface area contributed by atoms with Crippen LogP contribution in [0.25, 0.3) is 0 Å². The Bertz CT molecular complexity index is 832. The van der Waals surface area contributed by atoms with Crippen molar-refractivity contribution in [3.05, 3.63) is 64.7 Å². The number of carbonyl (C=O) groups is 1. The van der Waals surface area contributed by atoms with Gasteiger partial charge in [0.15, 0.2) is 0 Å². The van der Waals surface area contributed by atoms with Crippen LogP contribution in [0.2, 0.25) is 5.02 Å². The van der Waals surface area contributed by atoms with Crippen LogP contribution in [-0.4, -0.2) is 36.9 Å². The molecule has 2 aromatic carbocycles. The van der Waals surface area contributed by atoms with Crippen LogP contribution in [0.5, 0.6) is 0 Å². The quantitative estimate of drug-likeness (QED) is 0.799. The Balaban J connectivity index is 2.28. The number of nitrogens with zero attached hydrogens (tertiary/aromatic N) is 1. The van der Waals surface area contributed by atoms with Crippen molar-refractivity contribution in [2.45, 2.75) is 30.7 Å². The second-order valence-electron chi connectivity index (χ2n) is 5.70. The molecule has 0 unspecified atom stereocenters. The molecule has 1 atom stereocenters. The molecule has 2 rings (SSSR count). The van der Waals surface area contributed by atoms with Gasteiger partial charge in [-0.3, -0.25) is 4.79 Å². The van der Waals surface area contributed by atoms with Crippen LogP contribution in [0, 0.1) is 0 Å². The predicted octanol–water partition coefficient (Wildman–Crippen LogP) is 3.22. The van der Waals surface area contributed by atoms with E-state index in [1.807, 2.05) is 31.2 Å². The van der Waals surface area contributed by atoms with E-state index in [1.54, 1.807) is 0 Å². The monoisotopic (exact) mass is 381 g/mol. The van der Waals surface area contributed by atoms with Crippen LogP contribution in [0.3, 0.4) is 0 Å². The Labute approximate surface area is 152 Å². The number of carboxylic acids is 1. The SMILES string of the molecule is CCc1ccc(C[C@@H](C(=O)O)N(C)S(=O)(=O)c2ccc(Cl)cc2)cc1. The van der Waals surface area contributed by atoms with Crippen molar-refractivity contribution < 1.29 is 18.3 Å². The summed E-state index contributed by atoms with van der Waals surface area (Å²) in [7, 11) is -2.66. The zero-order chi connectivity index (χ0) is 18.6. The molecular weight excluding hydrogens is 362 g/mol. The van der Waals surface area contributed by atoms with Gasteiger partial charge in [-0.15, -0.1) is 0 Å².